The van der Waals surface area contributed by atoms with Crippen LogP contribution in [0.1, 0.15) is 28.1 Å². The molecule has 1 N–H and O–H groups in total. The highest BCUT2D eigenvalue weighted by molar-refractivity contribution is 7.80. The van der Waals surface area contributed by atoms with Crippen LogP contribution in [0.5, 0.6) is 0 Å². The summed E-state index contributed by atoms with van der Waals surface area (Å²) in [5, 5.41) is 9.29. The summed E-state index contributed by atoms with van der Waals surface area (Å²) in [6, 6.07) is 28.4. The number of hydrogen-bond donors (Lipinski definition) is 1. The standard InChI is InChI=1S/C27H24N2OS/c30-19-22-11-13-23(14-12-22)27-18-28-25(17-24(31)15-20-7-3-1-4-8-20)26(29-27)16-21-9-5-2-6-10-21/h1-14,18,30H,15-17,19H2. The molecule has 31 heavy (non-hydrogen) atoms. The Morgan fingerprint density at radius 1 is 0.710 bits per heavy atom. The van der Waals surface area contributed by atoms with Crippen molar-refractivity contribution in [3.05, 3.63) is 119 Å². The number of thiocarbonyl (C=S) groups is 1. The summed E-state index contributed by atoms with van der Waals surface area (Å²) < 4.78 is 0. The maximum absolute atomic E-state index is 9.29. The summed E-state index contributed by atoms with van der Waals surface area (Å²) in [7, 11) is 0. The fourth-order valence-electron chi connectivity index (χ4n) is 3.52. The van der Waals surface area contributed by atoms with Crippen molar-refractivity contribution in [3.8, 4) is 11.3 Å². The second kappa shape index (κ2) is 10.2. The molecule has 0 radical (unpaired) electrons. The highest BCUT2D eigenvalue weighted by Gasteiger charge is 2.13. The van der Waals surface area contributed by atoms with Crippen LogP contribution in [-0.4, -0.2) is 19.9 Å². The Morgan fingerprint density at radius 2 is 1.35 bits per heavy atom. The van der Waals surface area contributed by atoms with Crippen molar-refractivity contribution in [1.82, 2.24) is 9.97 Å². The topological polar surface area (TPSA) is 46.0 Å². The summed E-state index contributed by atoms with van der Waals surface area (Å²) >= 11 is 5.70. The fourth-order valence-corrected chi connectivity index (χ4v) is 3.83. The second-order valence-corrected chi connectivity index (χ2v) is 8.12. The van der Waals surface area contributed by atoms with Gasteiger partial charge in [0.1, 0.15) is 0 Å². The Balaban J connectivity index is 1.62. The Kier molecular flexibility index (Phi) is 6.92. The van der Waals surface area contributed by atoms with Crippen molar-refractivity contribution in [2.75, 3.05) is 0 Å². The number of hydrogen-bond acceptors (Lipinski definition) is 4. The molecule has 0 fully saturated rings. The monoisotopic (exact) mass is 424 g/mol. The minimum Gasteiger partial charge on any atom is -0.392 e. The van der Waals surface area contributed by atoms with E-state index in [2.05, 4.69) is 24.3 Å². The Morgan fingerprint density at radius 3 is 2.00 bits per heavy atom. The summed E-state index contributed by atoms with van der Waals surface area (Å²) in [5.74, 6) is 0. The summed E-state index contributed by atoms with van der Waals surface area (Å²) in [6.45, 7) is 0.0308. The normalized spacial score (nSPS) is 10.7. The molecule has 1 heterocycles. The first-order valence-corrected chi connectivity index (χ1v) is 10.8. The van der Waals surface area contributed by atoms with Crippen molar-refractivity contribution in [1.29, 1.82) is 0 Å². The largest absolute Gasteiger partial charge is 0.392 e. The van der Waals surface area contributed by atoms with Gasteiger partial charge >= 0.3 is 0 Å². The van der Waals surface area contributed by atoms with Crippen LogP contribution in [0.3, 0.4) is 0 Å². The van der Waals surface area contributed by atoms with Crippen LogP contribution in [-0.2, 0) is 25.9 Å². The van der Waals surface area contributed by atoms with Crippen molar-refractivity contribution >= 4 is 17.1 Å². The van der Waals surface area contributed by atoms with E-state index < -0.39 is 0 Å². The first-order valence-electron chi connectivity index (χ1n) is 10.4. The molecule has 1 aromatic heterocycles. The van der Waals surface area contributed by atoms with E-state index in [1.54, 1.807) is 0 Å². The quantitative estimate of drug-likeness (QED) is 0.386. The highest BCUT2D eigenvalue weighted by Crippen LogP contribution is 2.21. The molecule has 4 heteroatoms. The molecule has 0 spiro atoms. The predicted octanol–water partition coefficient (Wildman–Crippen LogP) is 5.38. The van der Waals surface area contributed by atoms with Gasteiger partial charge in [-0.05, 0) is 16.7 Å². The average molecular weight is 425 g/mol. The van der Waals surface area contributed by atoms with Gasteiger partial charge in [0.15, 0.2) is 0 Å². The summed E-state index contributed by atoms with van der Waals surface area (Å²) in [4.78, 5) is 10.7. The smallest absolute Gasteiger partial charge is 0.0888 e. The molecule has 3 nitrogen and oxygen atoms in total. The molecular formula is C27H24N2OS. The second-order valence-electron chi connectivity index (χ2n) is 7.54. The lowest BCUT2D eigenvalue weighted by atomic mass is 10.0. The molecule has 154 valence electrons. The third-order valence-electron chi connectivity index (χ3n) is 5.19. The zero-order valence-corrected chi connectivity index (χ0v) is 18.1. The number of rotatable bonds is 8. The van der Waals surface area contributed by atoms with Crippen LogP contribution in [0.15, 0.2) is 91.1 Å². The van der Waals surface area contributed by atoms with Gasteiger partial charge in [-0.2, -0.15) is 0 Å². The van der Waals surface area contributed by atoms with E-state index in [4.69, 9.17) is 22.2 Å². The molecule has 0 saturated heterocycles. The van der Waals surface area contributed by atoms with Crippen molar-refractivity contribution in [2.45, 2.75) is 25.9 Å². The number of aliphatic hydroxyl groups is 1. The first kappa shape index (κ1) is 21.0. The predicted molar refractivity (Wildman–Crippen MR) is 129 cm³/mol. The number of aromatic nitrogens is 2. The van der Waals surface area contributed by atoms with E-state index >= 15 is 0 Å². The highest BCUT2D eigenvalue weighted by atomic mass is 32.1. The van der Waals surface area contributed by atoms with Gasteiger partial charge in [-0.15, -0.1) is 0 Å². The van der Waals surface area contributed by atoms with Crippen LogP contribution in [0.2, 0.25) is 0 Å². The molecule has 0 unspecified atom stereocenters. The first-order chi connectivity index (χ1) is 15.2. The minimum atomic E-state index is 0.0308. The average Bonchev–Trinajstić information content (AvgIpc) is 2.81. The lowest BCUT2D eigenvalue weighted by Gasteiger charge is -2.12. The van der Waals surface area contributed by atoms with Gasteiger partial charge in [0.2, 0.25) is 0 Å². The van der Waals surface area contributed by atoms with Crippen LogP contribution in [0.4, 0.5) is 0 Å². The van der Waals surface area contributed by atoms with Gasteiger partial charge in [0, 0.05) is 29.7 Å². The van der Waals surface area contributed by atoms with Gasteiger partial charge in [0.05, 0.1) is 29.9 Å². The molecule has 0 aliphatic heterocycles. The van der Waals surface area contributed by atoms with Crippen LogP contribution < -0.4 is 0 Å². The molecule has 4 rings (SSSR count). The van der Waals surface area contributed by atoms with E-state index in [0.717, 1.165) is 39.5 Å². The van der Waals surface area contributed by atoms with Crippen molar-refractivity contribution in [3.63, 3.8) is 0 Å². The Bertz CT molecular complexity index is 1140. The summed E-state index contributed by atoms with van der Waals surface area (Å²) in [5.41, 5.74) is 6.98. The van der Waals surface area contributed by atoms with E-state index in [1.807, 2.05) is 66.9 Å². The maximum Gasteiger partial charge on any atom is 0.0888 e. The van der Waals surface area contributed by atoms with Gasteiger partial charge in [-0.1, -0.05) is 97.1 Å². The lowest BCUT2D eigenvalue weighted by Crippen LogP contribution is -2.10. The Labute approximate surface area is 188 Å². The number of nitrogens with zero attached hydrogens (tertiary/aromatic N) is 2. The maximum atomic E-state index is 9.29. The van der Waals surface area contributed by atoms with Gasteiger partial charge in [-0.3, -0.25) is 4.98 Å². The lowest BCUT2D eigenvalue weighted by molar-refractivity contribution is 0.282. The Hall–Kier alpha value is -3.21. The molecule has 0 bridgehead atoms. The third-order valence-corrected chi connectivity index (χ3v) is 5.48. The van der Waals surface area contributed by atoms with E-state index in [9.17, 15) is 5.11 Å². The zero-order chi connectivity index (χ0) is 21.5. The van der Waals surface area contributed by atoms with Crippen LogP contribution in [0, 0.1) is 0 Å². The van der Waals surface area contributed by atoms with E-state index in [-0.39, 0.29) is 6.61 Å². The fraction of sp³-hybridized carbons (Fsp3) is 0.148. The molecule has 0 saturated carbocycles. The van der Waals surface area contributed by atoms with Crippen LogP contribution in [0.25, 0.3) is 11.3 Å². The third kappa shape index (κ3) is 5.69. The van der Waals surface area contributed by atoms with Crippen LogP contribution >= 0.6 is 12.2 Å². The molecule has 0 atom stereocenters. The van der Waals surface area contributed by atoms with E-state index in [1.165, 1.54) is 11.1 Å². The molecule has 4 aromatic rings. The SMILES string of the molecule is OCc1ccc(-c2cnc(CC(=S)Cc3ccccc3)c(Cc3ccccc3)n2)cc1. The zero-order valence-electron chi connectivity index (χ0n) is 17.2. The summed E-state index contributed by atoms with van der Waals surface area (Å²) in [6.07, 6.45) is 3.92. The number of benzene rings is 3. The van der Waals surface area contributed by atoms with Gasteiger partial charge in [0.25, 0.3) is 0 Å². The van der Waals surface area contributed by atoms with Crippen molar-refractivity contribution in [2.24, 2.45) is 0 Å². The molecule has 0 amide bonds. The van der Waals surface area contributed by atoms with Gasteiger partial charge < -0.3 is 5.11 Å². The minimum absolute atomic E-state index is 0.0308. The molecule has 0 aliphatic rings. The molecule has 3 aromatic carbocycles. The molecule has 0 aliphatic carbocycles. The van der Waals surface area contributed by atoms with Crippen molar-refractivity contribution < 1.29 is 5.11 Å². The van der Waals surface area contributed by atoms with Gasteiger partial charge in [-0.25, -0.2) is 4.98 Å². The van der Waals surface area contributed by atoms with E-state index in [0.29, 0.717) is 12.8 Å². The molecular weight excluding hydrogens is 400 g/mol. The number of aliphatic hydroxyl groups excluding tert-OH is 1.